The van der Waals surface area contributed by atoms with E-state index in [-0.39, 0.29) is 29.9 Å². The number of benzene rings is 3. The first kappa shape index (κ1) is 24.8. The van der Waals surface area contributed by atoms with E-state index in [9.17, 15) is 24.1 Å². The van der Waals surface area contributed by atoms with Crippen LogP contribution in [-0.2, 0) is 13.1 Å². The Balaban J connectivity index is 1.71. The molecule has 38 heavy (non-hydrogen) atoms. The van der Waals surface area contributed by atoms with Crippen LogP contribution in [0.15, 0.2) is 88.7 Å². The van der Waals surface area contributed by atoms with Crippen molar-refractivity contribution in [3.8, 4) is 5.69 Å². The Labute approximate surface area is 216 Å². The van der Waals surface area contributed by atoms with Crippen LogP contribution in [0.5, 0.6) is 0 Å². The number of rotatable bonds is 7. The summed E-state index contributed by atoms with van der Waals surface area (Å²) in [6.45, 7) is 4.20. The van der Waals surface area contributed by atoms with Crippen molar-refractivity contribution in [3.05, 3.63) is 133 Å². The number of hydrogen-bond acceptors (Lipinski definition) is 5. The molecule has 0 unspecified atom stereocenters. The van der Waals surface area contributed by atoms with Gasteiger partial charge in [0.1, 0.15) is 5.82 Å². The molecule has 0 saturated heterocycles. The molecule has 3 aromatic carbocycles. The summed E-state index contributed by atoms with van der Waals surface area (Å²) < 4.78 is 17.5. The molecule has 5 rings (SSSR count). The molecule has 0 aliphatic carbocycles. The lowest BCUT2D eigenvalue weighted by molar-refractivity contribution is -0.384. The summed E-state index contributed by atoms with van der Waals surface area (Å²) in [6, 6.07) is 19.2. The third-order valence-electron chi connectivity index (χ3n) is 6.45. The van der Waals surface area contributed by atoms with E-state index in [1.54, 1.807) is 16.7 Å². The molecule has 0 radical (unpaired) electrons. The van der Waals surface area contributed by atoms with E-state index in [2.05, 4.69) is 18.8 Å². The van der Waals surface area contributed by atoms with Gasteiger partial charge in [-0.1, -0.05) is 50.2 Å². The van der Waals surface area contributed by atoms with Crippen molar-refractivity contribution in [2.45, 2.75) is 32.9 Å². The van der Waals surface area contributed by atoms with E-state index in [0.29, 0.717) is 22.7 Å². The summed E-state index contributed by atoms with van der Waals surface area (Å²) in [5.74, 6) is -0.128. The number of hydrogen-bond donors (Lipinski definition) is 0. The first-order valence-corrected chi connectivity index (χ1v) is 12.0. The number of non-ortho nitro benzene ring substituents is 1. The van der Waals surface area contributed by atoms with Crippen molar-refractivity contribution in [1.82, 2.24) is 18.7 Å². The molecule has 10 heteroatoms. The minimum atomic E-state index is -0.579. The lowest BCUT2D eigenvalue weighted by atomic mass is 10.0. The molecular formula is C28H24FN5O4. The number of imidazole rings is 1. The maximum Gasteiger partial charge on any atom is 0.337 e. The van der Waals surface area contributed by atoms with Gasteiger partial charge in [0, 0.05) is 18.7 Å². The predicted molar refractivity (Wildman–Crippen MR) is 141 cm³/mol. The fraction of sp³-hybridized carbons (Fsp3) is 0.179. The van der Waals surface area contributed by atoms with Gasteiger partial charge in [-0.05, 0) is 46.9 Å². The van der Waals surface area contributed by atoms with Crippen molar-refractivity contribution in [1.29, 1.82) is 0 Å². The van der Waals surface area contributed by atoms with Gasteiger partial charge in [0.2, 0.25) is 0 Å². The van der Waals surface area contributed by atoms with Crippen LogP contribution in [0.4, 0.5) is 10.1 Å². The van der Waals surface area contributed by atoms with Gasteiger partial charge in [0.25, 0.3) is 11.2 Å². The fourth-order valence-corrected chi connectivity index (χ4v) is 4.42. The lowest BCUT2D eigenvalue weighted by Crippen LogP contribution is -2.40. The fourth-order valence-electron chi connectivity index (χ4n) is 4.42. The van der Waals surface area contributed by atoms with Crippen LogP contribution in [-0.4, -0.2) is 23.6 Å². The zero-order chi connectivity index (χ0) is 27.0. The maximum absolute atomic E-state index is 13.7. The van der Waals surface area contributed by atoms with Crippen molar-refractivity contribution in [2.24, 2.45) is 0 Å². The van der Waals surface area contributed by atoms with Crippen molar-refractivity contribution < 1.29 is 9.31 Å². The number of halogens is 1. The summed E-state index contributed by atoms with van der Waals surface area (Å²) >= 11 is 0. The third-order valence-corrected chi connectivity index (χ3v) is 6.45. The van der Waals surface area contributed by atoms with Gasteiger partial charge in [-0.2, -0.15) is 0 Å². The van der Waals surface area contributed by atoms with Gasteiger partial charge in [0.05, 0.1) is 23.5 Å². The molecule has 9 nitrogen and oxygen atoms in total. The molecule has 0 N–H and O–H groups in total. The van der Waals surface area contributed by atoms with Gasteiger partial charge < -0.3 is 4.57 Å². The minimum Gasteiger partial charge on any atom is -0.320 e. The predicted octanol–water partition coefficient (Wildman–Crippen LogP) is 4.62. The van der Waals surface area contributed by atoms with Gasteiger partial charge in [-0.25, -0.2) is 18.7 Å². The Morgan fingerprint density at radius 2 is 1.66 bits per heavy atom. The molecule has 2 aromatic heterocycles. The topological polar surface area (TPSA) is 105 Å². The molecule has 192 valence electrons. The Kier molecular flexibility index (Phi) is 6.46. The number of nitro benzene ring substituents is 1. The third kappa shape index (κ3) is 4.63. The summed E-state index contributed by atoms with van der Waals surface area (Å²) in [7, 11) is 0. The summed E-state index contributed by atoms with van der Waals surface area (Å²) in [5, 5.41) is 11.2. The maximum atomic E-state index is 13.7. The van der Waals surface area contributed by atoms with E-state index in [0.717, 1.165) is 10.1 Å². The highest BCUT2D eigenvalue weighted by Crippen LogP contribution is 2.20. The van der Waals surface area contributed by atoms with Gasteiger partial charge in [-0.3, -0.25) is 19.5 Å². The van der Waals surface area contributed by atoms with Crippen LogP contribution in [0.3, 0.4) is 0 Å². The van der Waals surface area contributed by atoms with Crippen molar-refractivity contribution in [2.75, 3.05) is 0 Å². The molecule has 0 aliphatic heterocycles. The average molecular weight is 514 g/mol. The quantitative estimate of drug-likeness (QED) is 0.233. The lowest BCUT2D eigenvalue weighted by Gasteiger charge is -2.14. The van der Waals surface area contributed by atoms with Gasteiger partial charge in [0.15, 0.2) is 11.2 Å². The standard InChI is InChI=1S/C28H24FN5O4/c1-18(2)21-8-12-23(13-9-21)33-26-25(27(35)32(28(33)36)16-19-6-10-22(29)11-7-19)31(17-30-26)15-20-4-3-5-24(14-20)34(37)38/h3-14,17-18H,15-16H2,1-2H3. The highest BCUT2D eigenvalue weighted by molar-refractivity contribution is 5.72. The van der Waals surface area contributed by atoms with E-state index in [1.807, 2.05) is 24.3 Å². The highest BCUT2D eigenvalue weighted by atomic mass is 19.1. The second-order valence-corrected chi connectivity index (χ2v) is 9.35. The first-order valence-electron chi connectivity index (χ1n) is 12.0. The Bertz CT molecular complexity index is 1770. The average Bonchev–Trinajstić information content (AvgIpc) is 3.31. The Morgan fingerprint density at radius 3 is 2.32 bits per heavy atom. The molecule has 0 amide bonds. The van der Waals surface area contributed by atoms with Gasteiger partial charge in [-0.15, -0.1) is 0 Å². The van der Waals surface area contributed by atoms with E-state index >= 15 is 0 Å². The minimum absolute atomic E-state index is 0.0669. The van der Waals surface area contributed by atoms with Crippen LogP contribution in [0, 0.1) is 15.9 Å². The number of fused-ring (bicyclic) bond motifs is 1. The van der Waals surface area contributed by atoms with E-state index < -0.39 is 22.0 Å². The van der Waals surface area contributed by atoms with Crippen LogP contribution in [0.1, 0.15) is 36.5 Å². The highest BCUT2D eigenvalue weighted by Gasteiger charge is 2.20. The monoisotopic (exact) mass is 513 g/mol. The number of nitrogens with zero attached hydrogens (tertiary/aromatic N) is 5. The van der Waals surface area contributed by atoms with Crippen molar-refractivity contribution in [3.63, 3.8) is 0 Å². The number of aromatic nitrogens is 4. The zero-order valence-electron chi connectivity index (χ0n) is 20.7. The van der Waals surface area contributed by atoms with Crippen LogP contribution < -0.4 is 11.2 Å². The molecule has 5 aromatic rings. The smallest absolute Gasteiger partial charge is 0.320 e. The summed E-state index contributed by atoms with van der Waals surface area (Å²) in [5.41, 5.74) is 1.95. The normalized spacial score (nSPS) is 11.4. The Morgan fingerprint density at radius 1 is 0.947 bits per heavy atom. The molecule has 2 heterocycles. The molecular weight excluding hydrogens is 489 g/mol. The second-order valence-electron chi connectivity index (χ2n) is 9.35. The zero-order valence-corrected chi connectivity index (χ0v) is 20.7. The molecule has 0 spiro atoms. The van der Waals surface area contributed by atoms with Crippen LogP contribution in [0.25, 0.3) is 16.9 Å². The second kappa shape index (κ2) is 9.89. The van der Waals surface area contributed by atoms with Gasteiger partial charge >= 0.3 is 5.69 Å². The van der Waals surface area contributed by atoms with Crippen LogP contribution >= 0.6 is 0 Å². The Hall–Kier alpha value is -4.86. The van der Waals surface area contributed by atoms with Crippen LogP contribution in [0.2, 0.25) is 0 Å². The van der Waals surface area contributed by atoms with Crippen molar-refractivity contribution >= 4 is 16.9 Å². The van der Waals surface area contributed by atoms with E-state index in [1.165, 1.54) is 47.3 Å². The molecule has 0 saturated carbocycles. The molecule has 0 fully saturated rings. The first-order chi connectivity index (χ1) is 18.2. The largest absolute Gasteiger partial charge is 0.337 e. The summed E-state index contributed by atoms with van der Waals surface area (Å²) in [4.78, 5) is 42.6. The molecule has 0 aliphatic rings. The summed E-state index contributed by atoms with van der Waals surface area (Å²) in [6.07, 6.45) is 1.45. The molecule has 0 atom stereocenters. The SMILES string of the molecule is CC(C)c1ccc(-n2c(=O)n(Cc3ccc(F)cc3)c(=O)c3c2ncn3Cc2cccc([N+](=O)[O-])c2)cc1. The number of nitro groups is 1. The molecule has 0 bridgehead atoms. The van der Waals surface area contributed by atoms with E-state index in [4.69, 9.17) is 0 Å².